The number of aromatic nitrogens is 2. The van der Waals surface area contributed by atoms with E-state index in [0.29, 0.717) is 0 Å². The van der Waals surface area contributed by atoms with Crippen molar-refractivity contribution in [2.45, 2.75) is 13.5 Å². The van der Waals surface area contributed by atoms with E-state index in [1.807, 2.05) is 31.2 Å². The summed E-state index contributed by atoms with van der Waals surface area (Å²) in [6.07, 6.45) is 0. The molecule has 25 heavy (non-hydrogen) atoms. The SMILES string of the molecule is Cc1cccc(N=c2scc(-c3cccs3)n2Cc2ccccc2)n1. The standard InChI is InChI=1S/C20H17N3S2/c1-15-7-5-11-19(21-15)22-20-23(13-16-8-3-2-4-9-16)17(14-25-20)18-10-6-12-24-18/h2-12,14H,13H2,1H3. The van der Waals surface area contributed by atoms with Gasteiger partial charge in [-0.2, -0.15) is 0 Å². The van der Waals surface area contributed by atoms with Crippen LogP contribution in [0.5, 0.6) is 0 Å². The van der Waals surface area contributed by atoms with Crippen LogP contribution in [-0.2, 0) is 6.54 Å². The van der Waals surface area contributed by atoms with E-state index in [-0.39, 0.29) is 0 Å². The molecule has 0 aliphatic rings. The number of benzene rings is 1. The maximum absolute atomic E-state index is 4.80. The van der Waals surface area contributed by atoms with Gasteiger partial charge in [0.05, 0.1) is 17.1 Å². The zero-order valence-electron chi connectivity index (χ0n) is 13.8. The van der Waals surface area contributed by atoms with Crippen molar-refractivity contribution in [2.75, 3.05) is 0 Å². The Bertz CT molecular complexity index is 1030. The molecule has 0 atom stereocenters. The zero-order chi connectivity index (χ0) is 17.1. The van der Waals surface area contributed by atoms with Crippen LogP contribution < -0.4 is 4.80 Å². The highest BCUT2D eigenvalue weighted by molar-refractivity contribution is 7.14. The van der Waals surface area contributed by atoms with Crippen LogP contribution in [0, 0.1) is 6.92 Å². The molecule has 4 aromatic rings. The number of hydrogen-bond donors (Lipinski definition) is 0. The largest absolute Gasteiger partial charge is 0.311 e. The molecule has 0 spiro atoms. The normalized spacial score (nSPS) is 11.8. The molecule has 0 aliphatic heterocycles. The summed E-state index contributed by atoms with van der Waals surface area (Å²) in [5.41, 5.74) is 3.44. The van der Waals surface area contributed by atoms with Gasteiger partial charge in [0, 0.05) is 11.1 Å². The Hall–Kier alpha value is -2.50. The highest BCUT2D eigenvalue weighted by atomic mass is 32.1. The third-order valence-corrected chi connectivity index (χ3v) is 5.59. The number of thiophene rings is 1. The number of thiazole rings is 1. The van der Waals surface area contributed by atoms with Gasteiger partial charge >= 0.3 is 0 Å². The van der Waals surface area contributed by atoms with Crippen molar-refractivity contribution in [3.63, 3.8) is 0 Å². The van der Waals surface area contributed by atoms with E-state index in [4.69, 9.17) is 4.99 Å². The fraction of sp³-hybridized carbons (Fsp3) is 0.100. The van der Waals surface area contributed by atoms with Crippen molar-refractivity contribution in [3.8, 4) is 10.6 Å². The monoisotopic (exact) mass is 363 g/mol. The van der Waals surface area contributed by atoms with Crippen LogP contribution >= 0.6 is 22.7 Å². The summed E-state index contributed by atoms with van der Waals surface area (Å²) in [5.74, 6) is 0.751. The molecule has 0 bridgehead atoms. The van der Waals surface area contributed by atoms with Gasteiger partial charge in [0.25, 0.3) is 0 Å². The molecule has 5 heteroatoms. The Morgan fingerprint density at radius 3 is 2.60 bits per heavy atom. The zero-order valence-corrected chi connectivity index (χ0v) is 15.4. The molecule has 3 aromatic heterocycles. The first-order valence-corrected chi connectivity index (χ1v) is 9.80. The van der Waals surface area contributed by atoms with Gasteiger partial charge in [-0.15, -0.1) is 22.7 Å². The van der Waals surface area contributed by atoms with E-state index in [0.717, 1.165) is 22.9 Å². The van der Waals surface area contributed by atoms with Gasteiger partial charge in [0.1, 0.15) is 0 Å². The second-order valence-electron chi connectivity index (χ2n) is 5.70. The summed E-state index contributed by atoms with van der Waals surface area (Å²) in [6, 6.07) is 20.7. The number of hydrogen-bond acceptors (Lipinski definition) is 4. The molecule has 3 nitrogen and oxygen atoms in total. The van der Waals surface area contributed by atoms with Crippen LogP contribution in [0.4, 0.5) is 5.82 Å². The second-order valence-corrected chi connectivity index (χ2v) is 7.49. The van der Waals surface area contributed by atoms with Gasteiger partial charge < -0.3 is 4.57 Å². The molecular formula is C20H17N3S2. The average Bonchev–Trinajstić information content (AvgIpc) is 3.27. The van der Waals surface area contributed by atoms with Crippen molar-refractivity contribution in [1.29, 1.82) is 0 Å². The minimum absolute atomic E-state index is 0.751. The molecular weight excluding hydrogens is 346 g/mol. The molecule has 0 unspecified atom stereocenters. The van der Waals surface area contributed by atoms with E-state index in [9.17, 15) is 0 Å². The van der Waals surface area contributed by atoms with E-state index < -0.39 is 0 Å². The van der Waals surface area contributed by atoms with Crippen LogP contribution in [0.15, 0.2) is 76.4 Å². The Kier molecular flexibility index (Phi) is 4.59. The summed E-state index contributed by atoms with van der Waals surface area (Å²) in [4.78, 5) is 11.5. The van der Waals surface area contributed by atoms with E-state index in [2.05, 4.69) is 56.7 Å². The van der Waals surface area contributed by atoms with Crippen molar-refractivity contribution in [1.82, 2.24) is 9.55 Å². The third kappa shape index (κ3) is 3.62. The molecule has 0 fully saturated rings. The summed E-state index contributed by atoms with van der Waals surface area (Å²) < 4.78 is 2.27. The van der Waals surface area contributed by atoms with Gasteiger partial charge in [-0.05, 0) is 36.1 Å². The first kappa shape index (κ1) is 16.0. The van der Waals surface area contributed by atoms with Crippen molar-refractivity contribution < 1.29 is 0 Å². The molecule has 0 radical (unpaired) electrons. The van der Waals surface area contributed by atoms with Crippen molar-refractivity contribution >= 4 is 28.5 Å². The van der Waals surface area contributed by atoms with E-state index in [1.165, 1.54) is 16.1 Å². The molecule has 124 valence electrons. The third-order valence-electron chi connectivity index (χ3n) is 3.84. The quantitative estimate of drug-likeness (QED) is 0.486. The lowest BCUT2D eigenvalue weighted by Crippen LogP contribution is -2.16. The lowest BCUT2D eigenvalue weighted by Gasteiger charge is -2.08. The number of pyridine rings is 1. The molecule has 0 amide bonds. The number of nitrogens with zero attached hydrogens (tertiary/aromatic N) is 3. The summed E-state index contributed by atoms with van der Waals surface area (Å²) in [6.45, 7) is 2.78. The predicted molar refractivity (Wildman–Crippen MR) is 105 cm³/mol. The van der Waals surface area contributed by atoms with Gasteiger partial charge in [0.2, 0.25) is 0 Å². The molecule has 0 saturated heterocycles. The van der Waals surface area contributed by atoms with Crippen LogP contribution in [0.1, 0.15) is 11.3 Å². The smallest absolute Gasteiger partial charge is 0.192 e. The molecule has 3 heterocycles. The lowest BCUT2D eigenvalue weighted by molar-refractivity contribution is 0.778. The molecule has 0 aliphatic carbocycles. The molecule has 1 aromatic carbocycles. The summed E-state index contributed by atoms with van der Waals surface area (Å²) in [5, 5.41) is 4.29. The van der Waals surface area contributed by atoms with Crippen LogP contribution in [0.25, 0.3) is 10.6 Å². The maximum Gasteiger partial charge on any atom is 0.192 e. The minimum Gasteiger partial charge on any atom is -0.311 e. The highest BCUT2D eigenvalue weighted by Crippen LogP contribution is 2.26. The molecule has 0 saturated carbocycles. The Balaban J connectivity index is 1.84. The number of rotatable bonds is 4. The van der Waals surface area contributed by atoms with Gasteiger partial charge in [-0.3, -0.25) is 0 Å². The lowest BCUT2D eigenvalue weighted by atomic mass is 10.2. The Morgan fingerprint density at radius 2 is 1.84 bits per heavy atom. The first-order valence-electron chi connectivity index (χ1n) is 8.04. The second kappa shape index (κ2) is 7.17. The van der Waals surface area contributed by atoms with E-state index >= 15 is 0 Å². The average molecular weight is 364 g/mol. The Morgan fingerprint density at radius 1 is 0.960 bits per heavy atom. The predicted octanol–water partition coefficient (Wildman–Crippen LogP) is 5.26. The molecule has 4 rings (SSSR count). The minimum atomic E-state index is 0.751. The van der Waals surface area contributed by atoms with Gasteiger partial charge in [-0.25, -0.2) is 9.98 Å². The highest BCUT2D eigenvalue weighted by Gasteiger charge is 2.10. The number of aryl methyl sites for hydroxylation is 1. The van der Waals surface area contributed by atoms with Crippen molar-refractivity contribution in [3.05, 3.63) is 87.5 Å². The summed E-state index contributed by atoms with van der Waals surface area (Å²) >= 11 is 3.41. The van der Waals surface area contributed by atoms with Crippen LogP contribution in [0.3, 0.4) is 0 Å². The van der Waals surface area contributed by atoms with Crippen LogP contribution in [0.2, 0.25) is 0 Å². The first-order chi connectivity index (χ1) is 12.3. The Labute approximate surface area is 154 Å². The fourth-order valence-corrected chi connectivity index (χ4v) is 4.38. The van der Waals surface area contributed by atoms with Gasteiger partial charge in [0.15, 0.2) is 10.6 Å². The van der Waals surface area contributed by atoms with E-state index in [1.54, 1.807) is 22.7 Å². The van der Waals surface area contributed by atoms with Crippen molar-refractivity contribution in [2.24, 2.45) is 4.99 Å². The van der Waals surface area contributed by atoms with Gasteiger partial charge in [-0.1, -0.05) is 42.5 Å². The molecule has 0 N–H and O–H groups in total. The van der Waals surface area contributed by atoms with Crippen LogP contribution in [-0.4, -0.2) is 9.55 Å². The maximum atomic E-state index is 4.80. The topological polar surface area (TPSA) is 30.2 Å². The fourth-order valence-electron chi connectivity index (χ4n) is 2.65. The summed E-state index contributed by atoms with van der Waals surface area (Å²) in [7, 11) is 0.